The number of rotatable bonds is 9. The van der Waals surface area contributed by atoms with E-state index < -0.39 is 10.0 Å². The Morgan fingerprint density at radius 2 is 1.83 bits per heavy atom. The molecule has 0 radical (unpaired) electrons. The number of nitrogens with zero attached hydrogens (tertiary/aromatic N) is 1. The second-order valence-electron chi connectivity index (χ2n) is 5.96. The first-order valence-electron chi connectivity index (χ1n) is 8.36. The van der Waals surface area contributed by atoms with Crippen molar-refractivity contribution in [1.82, 2.24) is 0 Å². The van der Waals surface area contributed by atoms with Gasteiger partial charge >= 0.3 is 0 Å². The van der Waals surface area contributed by atoms with Gasteiger partial charge in [-0.1, -0.05) is 57.6 Å². The summed E-state index contributed by atoms with van der Waals surface area (Å²) in [5.74, 6) is 0.545. The zero-order valence-electron chi connectivity index (χ0n) is 13.8. The summed E-state index contributed by atoms with van der Waals surface area (Å²) in [5, 5.41) is 0. The van der Waals surface area contributed by atoms with Crippen molar-refractivity contribution in [3.8, 4) is 5.75 Å². The summed E-state index contributed by atoms with van der Waals surface area (Å²) in [6, 6.07) is 5.38. The van der Waals surface area contributed by atoms with E-state index >= 15 is 0 Å². The number of benzene rings is 1. The Balaban J connectivity index is 1.86. The topological polar surface area (TPSA) is 81.8 Å². The lowest BCUT2D eigenvalue weighted by Crippen LogP contribution is -2.24. The van der Waals surface area contributed by atoms with Crippen LogP contribution in [0.2, 0.25) is 0 Å². The van der Waals surface area contributed by atoms with Crippen LogP contribution in [0.4, 0.5) is 0 Å². The molecule has 0 amide bonds. The SMILES string of the molecule is CCCCCCCCCOc1cccc2c1C(N)=NS(=O)(=O)C2. The molecule has 0 aliphatic carbocycles. The van der Waals surface area contributed by atoms with Gasteiger partial charge in [-0.3, -0.25) is 0 Å². The number of hydrogen-bond donors (Lipinski definition) is 1. The highest BCUT2D eigenvalue weighted by molar-refractivity contribution is 7.89. The van der Waals surface area contributed by atoms with Crippen LogP contribution in [-0.2, 0) is 15.8 Å². The summed E-state index contributed by atoms with van der Waals surface area (Å²) < 4.78 is 32.7. The van der Waals surface area contributed by atoms with Crippen molar-refractivity contribution in [2.45, 2.75) is 57.6 Å². The number of sulfonamides is 1. The normalized spacial score (nSPS) is 15.8. The van der Waals surface area contributed by atoms with Gasteiger partial charge in [-0.05, 0) is 18.1 Å². The highest BCUT2D eigenvalue weighted by atomic mass is 32.2. The van der Waals surface area contributed by atoms with Crippen LogP contribution in [0, 0.1) is 0 Å². The Hall–Kier alpha value is -1.56. The van der Waals surface area contributed by atoms with E-state index in [-0.39, 0.29) is 11.6 Å². The molecule has 1 aliphatic heterocycles. The number of hydrogen-bond acceptors (Lipinski definition) is 4. The van der Waals surface area contributed by atoms with Crippen LogP contribution in [0.15, 0.2) is 22.6 Å². The lowest BCUT2D eigenvalue weighted by Gasteiger charge is -2.18. The van der Waals surface area contributed by atoms with Crippen LogP contribution in [0.25, 0.3) is 0 Å². The molecule has 0 saturated heterocycles. The van der Waals surface area contributed by atoms with Crippen LogP contribution >= 0.6 is 0 Å². The van der Waals surface area contributed by atoms with E-state index in [0.29, 0.717) is 23.5 Å². The Bertz CT molecular complexity index is 654. The van der Waals surface area contributed by atoms with Gasteiger partial charge in [0, 0.05) is 0 Å². The molecular weight excluding hydrogens is 312 g/mol. The number of amidine groups is 1. The van der Waals surface area contributed by atoms with Crippen molar-refractivity contribution in [3.05, 3.63) is 29.3 Å². The van der Waals surface area contributed by atoms with E-state index in [1.165, 1.54) is 32.1 Å². The van der Waals surface area contributed by atoms with Crippen LogP contribution in [0.1, 0.15) is 63.0 Å². The summed E-state index contributed by atoms with van der Waals surface area (Å²) >= 11 is 0. The molecule has 2 N–H and O–H groups in total. The molecule has 0 fully saturated rings. The van der Waals surface area contributed by atoms with Crippen molar-refractivity contribution >= 4 is 15.9 Å². The Labute approximate surface area is 139 Å². The van der Waals surface area contributed by atoms with Gasteiger partial charge in [0.15, 0.2) is 0 Å². The Morgan fingerprint density at radius 3 is 2.57 bits per heavy atom. The van der Waals surface area contributed by atoms with Crippen LogP contribution in [0.5, 0.6) is 5.75 Å². The third-order valence-corrected chi connectivity index (χ3v) is 5.10. The minimum atomic E-state index is -3.49. The summed E-state index contributed by atoms with van der Waals surface area (Å²) in [5.41, 5.74) is 7.10. The largest absolute Gasteiger partial charge is 0.493 e. The number of ether oxygens (including phenoxy) is 1. The number of unbranched alkanes of at least 4 members (excludes halogenated alkanes) is 6. The molecule has 23 heavy (non-hydrogen) atoms. The van der Waals surface area contributed by atoms with Crippen LogP contribution in [-0.4, -0.2) is 20.9 Å². The molecule has 1 heterocycles. The zero-order valence-corrected chi connectivity index (χ0v) is 14.6. The molecule has 0 unspecified atom stereocenters. The predicted octanol–water partition coefficient (Wildman–Crippen LogP) is 3.36. The molecule has 1 aromatic carbocycles. The summed E-state index contributed by atoms with van der Waals surface area (Å²) in [7, 11) is -3.49. The highest BCUT2D eigenvalue weighted by Gasteiger charge is 2.24. The molecule has 0 spiro atoms. The second-order valence-corrected chi connectivity index (χ2v) is 7.60. The molecule has 128 valence electrons. The second kappa shape index (κ2) is 8.34. The molecule has 1 aromatic rings. The van der Waals surface area contributed by atoms with Gasteiger partial charge in [-0.15, -0.1) is 4.40 Å². The summed E-state index contributed by atoms with van der Waals surface area (Å²) in [4.78, 5) is 0. The van der Waals surface area contributed by atoms with E-state index in [0.717, 1.165) is 12.8 Å². The maximum Gasteiger partial charge on any atom is 0.259 e. The van der Waals surface area contributed by atoms with Gasteiger partial charge in [0.05, 0.1) is 17.9 Å². The first-order valence-corrected chi connectivity index (χ1v) is 9.97. The van der Waals surface area contributed by atoms with Gasteiger partial charge in [-0.25, -0.2) is 8.42 Å². The van der Waals surface area contributed by atoms with E-state index in [1.54, 1.807) is 12.1 Å². The zero-order chi connectivity index (χ0) is 16.7. The van der Waals surface area contributed by atoms with Gasteiger partial charge in [0.1, 0.15) is 11.6 Å². The Kier molecular flexibility index (Phi) is 6.45. The Morgan fingerprint density at radius 1 is 1.13 bits per heavy atom. The number of fused-ring (bicyclic) bond motifs is 1. The van der Waals surface area contributed by atoms with Gasteiger partial charge in [-0.2, -0.15) is 0 Å². The smallest absolute Gasteiger partial charge is 0.259 e. The average molecular weight is 338 g/mol. The van der Waals surface area contributed by atoms with Crippen molar-refractivity contribution in [2.75, 3.05) is 6.61 Å². The molecular formula is C17H26N2O3S. The molecule has 0 saturated carbocycles. The molecule has 0 atom stereocenters. The number of nitrogens with two attached hydrogens (primary N) is 1. The van der Waals surface area contributed by atoms with E-state index in [4.69, 9.17) is 10.5 Å². The molecule has 0 aromatic heterocycles. The van der Waals surface area contributed by atoms with Crippen LogP contribution < -0.4 is 10.5 Å². The maximum absolute atomic E-state index is 11.6. The van der Waals surface area contributed by atoms with Gasteiger partial charge < -0.3 is 10.5 Å². The van der Waals surface area contributed by atoms with Gasteiger partial charge in [0.2, 0.25) is 0 Å². The van der Waals surface area contributed by atoms with Crippen molar-refractivity contribution in [1.29, 1.82) is 0 Å². The predicted molar refractivity (Wildman–Crippen MR) is 93.3 cm³/mol. The molecule has 2 rings (SSSR count). The van der Waals surface area contributed by atoms with Gasteiger partial charge in [0.25, 0.3) is 10.0 Å². The summed E-state index contributed by atoms with van der Waals surface area (Å²) in [6.45, 7) is 2.83. The molecule has 1 aliphatic rings. The third kappa shape index (κ3) is 5.23. The lowest BCUT2D eigenvalue weighted by molar-refractivity contribution is 0.303. The van der Waals surface area contributed by atoms with E-state index in [9.17, 15) is 8.42 Å². The summed E-state index contributed by atoms with van der Waals surface area (Å²) in [6.07, 6.45) is 8.55. The quantitative estimate of drug-likeness (QED) is 0.700. The monoisotopic (exact) mass is 338 g/mol. The first kappa shape index (κ1) is 17.8. The fourth-order valence-electron chi connectivity index (χ4n) is 2.77. The standard InChI is InChI=1S/C17H26N2O3S/c1-2-3-4-5-6-7-8-12-22-15-11-9-10-14-13-23(20,21)19-17(18)16(14)15/h9-11H,2-8,12-13H2,1H3,(H2,18,19). The fourth-order valence-corrected chi connectivity index (χ4v) is 3.86. The minimum absolute atomic E-state index is 0.0291. The minimum Gasteiger partial charge on any atom is -0.493 e. The molecule has 0 bridgehead atoms. The highest BCUT2D eigenvalue weighted by Crippen LogP contribution is 2.28. The third-order valence-electron chi connectivity index (χ3n) is 3.95. The van der Waals surface area contributed by atoms with Crippen molar-refractivity contribution < 1.29 is 13.2 Å². The average Bonchev–Trinajstić information content (AvgIpc) is 2.48. The molecule has 6 heteroatoms. The maximum atomic E-state index is 11.6. The van der Waals surface area contributed by atoms with Crippen molar-refractivity contribution in [2.24, 2.45) is 10.1 Å². The van der Waals surface area contributed by atoms with Crippen LogP contribution in [0.3, 0.4) is 0 Å². The fraction of sp³-hybridized carbons (Fsp3) is 0.588. The van der Waals surface area contributed by atoms with Crippen molar-refractivity contribution in [3.63, 3.8) is 0 Å². The lowest BCUT2D eigenvalue weighted by atomic mass is 10.1. The first-order chi connectivity index (χ1) is 11.0. The van der Waals surface area contributed by atoms with E-state index in [1.807, 2.05) is 6.07 Å². The molecule has 5 nitrogen and oxygen atoms in total. The van der Waals surface area contributed by atoms with E-state index in [2.05, 4.69) is 11.3 Å².